The topological polar surface area (TPSA) is 55.9 Å². The highest BCUT2D eigenvalue weighted by molar-refractivity contribution is 7.14. The van der Waals surface area contributed by atoms with Crippen LogP contribution in [0.2, 0.25) is 5.15 Å². The Labute approximate surface area is 147 Å². The lowest BCUT2D eigenvalue weighted by Crippen LogP contribution is -2.31. The van der Waals surface area contributed by atoms with Crippen molar-refractivity contribution in [2.24, 2.45) is 18.7 Å². The van der Waals surface area contributed by atoms with Crippen LogP contribution in [0.25, 0.3) is 11.3 Å². The molecule has 2 aromatic heterocycles. The van der Waals surface area contributed by atoms with Crippen molar-refractivity contribution in [3.8, 4) is 11.3 Å². The number of nitrogens with zero attached hydrogens (tertiary/aromatic N) is 2. The van der Waals surface area contributed by atoms with E-state index in [1.54, 1.807) is 11.3 Å². The van der Waals surface area contributed by atoms with Crippen molar-refractivity contribution in [2.45, 2.75) is 44.6 Å². The number of rotatable bonds is 6. The molecular formula is C17H25ClN4S. The third kappa shape index (κ3) is 4.28. The normalized spacial score (nSPS) is 17.3. The van der Waals surface area contributed by atoms with E-state index in [1.807, 2.05) is 17.8 Å². The maximum Gasteiger partial charge on any atom is 0.151 e. The number of aryl methyl sites for hydroxylation is 1. The van der Waals surface area contributed by atoms with Crippen LogP contribution in [0, 0.1) is 5.92 Å². The molecule has 0 amide bonds. The summed E-state index contributed by atoms with van der Waals surface area (Å²) in [7, 11) is 1.91. The summed E-state index contributed by atoms with van der Waals surface area (Å²) in [5, 5.41) is 11.7. The Morgan fingerprint density at radius 1 is 1.39 bits per heavy atom. The monoisotopic (exact) mass is 352 g/mol. The number of aromatic nitrogens is 2. The van der Waals surface area contributed by atoms with E-state index in [9.17, 15) is 0 Å². The quantitative estimate of drug-likeness (QED) is 0.804. The summed E-state index contributed by atoms with van der Waals surface area (Å²) in [6.07, 6.45) is 8.07. The molecule has 1 fully saturated rings. The van der Waals surface area contributed by atoms with Crippen molar-refractivity contribution in [2.75, 3.05) is 11.9 Å². The molecule has 3 N–H and O–H groups in total. The van der Waals surface area contributed by atoms with E-state index in [1.165, 1.54) is 43.5 Å². The van der Waals surface area contributed by atoms with Crippen LogP contribution in [0.3, 0.4) is 0 Å². The lowest BCUT2D eigenvalue weighted by Gasteiger charge is -2.26. The molecule has 0 aliphatic heterocycles. The van der Waals surface area contributed by atoms with Gasteiger partial charge in [0, 0.05) is 36.6 Å². The first-order valence-corrected chi connectivity index (χ1v) is 9.66. The van der Waals surface area contributed by atoms with E-state index in [2.05, 4.69) is 21.9 Å². The van der Waals surface area contributed by atoms with Crippen LogP contribution in [0.4, 0.5) is 5.00 Å². The molecule has 0 spiro atoms. The summed E-state index contributed by atoms with van der Waals surface area (Å²) in [5.41, 5.74) is 8.18. The number of hydrogen-bond acceptors (Lipinski definition) is 4. The third-order valence-electron chi connectivity index (χ3n) is 4.72. The molecule has 3 rings (SSSR count). The van der Waals surface area contributed by atoms with Gasteiger partial charge in [0.1, 0.15) is 0 Å². The highest BCUT2D eigenvalue weighted by Gasteiger charge is 2.19. The predicted octanol–water partition coefficient (Wildman–Crippen LogP) is 4.51. The Hall–Kier alpha value is -1.04. The highest BCUT2D eigenvalue weighted by atomic mass is 35.5. The van der Waals surface area contributed by atoms with Gasteiger partial charge in [-0.3, -0.25) is 4.68 Å². The standard InChI is InChI=1S/C17H25ClN4S/c1-22-15(9-16(18)21-22)13-8-17(23-11-13)20-14(10-19)7-12-5-3-2-4-6-12/h8-9,11-12,14,20H,2-7,10,19H2,1H3/t14-/m0/s1. The van der Waals surface area contributed by atoms with Crippen LogP contribution in [-0.2, 0) is 7.05 Å². The largest absolute Gasteiger partial charge is 0.373 e. The Bertz CT molecular complexity index is 630. The Balaban J connectivity index is 1.63. The minimum absolute atomic E-state index is 0.361. The number of hydrogen-bond donors (Lipinski definition) is 2. The molecule has 0 saturated heterocycles. The second-order valence-electron chi connectivity index (χ2n) is 6.49. The SMILES string of the molecule is Cn1nc(Cl)cc1-c1csc(N[C@H](CN)CC2CCCCC2)c1. The van der Waals surface area contributed by atoms with Gasteiger partial charge in [0.15, 0.2) is 5.15 Å². The maximum absolute atomic E-state index is 5.99. The van der Waals surface area contributed by atoms with E-state index in [0.717, 1.165) is 17.2 Å². The minimum Gasteiger partial charge on any atom is -0.373 e. The molecule has 0 bridgehead atoms. The van der Waals surface area contributed by atoms with Crippen molar-refractivity contribution in [3.05, 3.63) is 22.7 Å². The molecule has 6 heteroatoms. The summed E-state index contributed by atoms with van der Waals surface area (Å²) in [6.45, 7) is 0.682. The summed E-state index contributed by atoms with van der Waals surface area (Å²) < 4.78 is 1.82. The molecule has 2 heterocycles. The van der Waals surface area contributed by atoms with Crippen LogP contribution in [0.1, 0.15) is 38.5 Å². The van der Waals surface area contributed by atoms with E-state index >= 15 is 0 Å². The van der Waals surface area contributed by atoms with E-state index in [-0.39, 0.29) is 0 Å². The molecule has 0 unspecified atom stereocenters. The highest BCUT2D eigenvalue weighted by Crippen LogP contribution is 2.32. The molecule has 1 atom stereocenters. The van der Waals surface area contributed by atoms with Crippen LogP contribution in [0.15, 0.2) is 17.5 Å². The van der Waals surface area contributed by atoms with Crippen LogP contribution in [-0.4, -0.2) is 22.4 Å². The Morgan fingerprint density at radius 3 is 2.83 bits per heavy atom. The Morgan fingerprint density at radius 2 is 2.17 bits per heavy atom. The number of halogens is 1. The maximum atomic E-state index is 5.99. The minimum atomic E-state index is 0.361. The van der Waals surface area contributed by atoms with Gasteiger partial charge < -0.3 is 11.1 Å². The van der Waals surface area contributed by atoms with Gasteiger partial charge in [-0.25, -0.2) is 0 Å². The first-order valence-electron chi connectivity index (χ1n) is 8.40. The molecule has 1 aliphatic rings. The number of nitrogens with two attached hydrogens (primary N) is 1. The van der Waals surface area contributed by atoms with Crippen molar-refractivity contribution < 1.29 is 0 Å². The average Bonchev–Trinajstić information content (AvgIpc) is 3.13. The van der Waals surface area contributed by atoms with Gasteiger partial charge in [0.05, 0.1) is 10.7 Å². The lowest BCUT2D eigenvalue weighted by atomic mass is 9.85. The summed E-state index contributed by atoms with van der Waals surface area (Å²) in [4.78, 5) is 0. The zero-order valence-electron chi connectivity index (χ0n) is 13.6. The van der Waals surface area contributed by atoms with Crippen LogP contribution < -0.4 is 11.1 Å². The van der Waals surface area contributed by atoms with Gasteiger partial charge in [-0.05, 0) is 18.4 Å². The fraction of sp³-hybridized carbons (Fsp3) is 0.588. The third-order valence-corrected chi connectivity index (χ3v) is 5.76. The van der Waals surface area contributed by atoms with E-state index in [4.69, 9.17) is 17.3 Å². The first kappa shape index (κ1) is 16.8. The van der Waals surface area contributed by atoms with Gasteiger partial charge in [-0.15, -0.1) is 11.3 Å². The molecule has 4 nitrogen and oxygen atoms in total. The Kier molecular flexibility index (Phi) is 5.62. The molecular weight excluding hydrogens is 328 g/mol. The zero-order valence-corrected chi connectivity index (χ0v) is 15.2. The molecule has 0 aromatic carbocycles. The number of anilines is 1. The molecule has 1 saturated carbocycles. The molecule has 1 aliphatic carbocycles. The second-order valence-corrected chi connectivity index (χ2v) is 7.79. The smallest absolute Gasteiger partial charge is 0.151 e. The predicted molar refractivity (Wildman–Crippen MR) is 99.2 cm³/mol. The van der Waals surface area contributed by atoms with Gasteiger partial charge in [0.25, 0.3) is 0 Å². The van der Waals surface area contributed by atoms with Crippen LogP contribution >= 0.6 is 22.9 Å². The number of thiophene rings is 1. The van der Waals surface area contributed by atoms with E-state index in [0.29, 0.717) is 17.7 Å². The molecule has 2 aromatic rings. The molecule has 0 radical (unpaired) electrons. The summed E-state index contributed by atoms with van der Waals surface area (Å²) >= 11 is 7.69. The van der Waals surface area contributed by atoms with Crippen LogP contribution in [0.5, 0.6) is 0 Å². The van der Waals surface area contributed by atoms with Crippen molar-refractivity contribution >= 4 is 27.9 Å². The molecule has 23 heavy (non-hydrogen) atoms. The zero-order chi connectivity index (χ0) is 16.2. The molecule has 126 valence electrons. The summed E-state index contributed by atoms with van der Waals surface area (Å²) in [5.74, 6) is 0.833. The summed E-state index contributed by atoms with van der Waals surface area (Å²) in [6, 6.07) is 4.43. The van der Waals surface area contributed by atoms with Crippen molar-refractivity contribution in [3.63, 3.8) is 0 Å². The van der Waals surface area contributed by atoms with Gasteiger partial charge in [-0.2, -0.15) is 5.10 Å². The fourth-order valence-corrected chi connectivity index (χ4v) is 4.58. The van der Waals surface area contributed by atoms with Gasteiger partial charge in [-0.1, -0.05) is 43.7 Å². The lowest BCUT2D eigenvalue weighted by molar-refractivity contribution is 0.325. The number of nitrogens with one attached hydrogen (secondary N) is 1. The van der Waals surface area contributed by atoms with E-state index < -0.39 is 0 Å². The average molecular weight is 353 g/mol. The fourth-order valence-electron chi connectivity index (χ4n) is 3.49. The van der Waals surface area contributed by atoms with Gasteiger partial charge >= 0.3 is 0 Å². The van der Waals surface area contributed by atoms with Crippen molar-refractivity contribution in [1.82, 2.24) is 9.78 Å². The van der Waals surface area contributed by atoms with Crippen molar-refractivity contribution in [1.29, 1.82) is 0 Å². The first-order chi connectivity index (χ1) is 11.2. The second kappa shape index (κ2) is 7.69. The van der Waals surface area contributed by atoms with Gasteiger partial charge in [0.2, 0.25) is 0 Å².